The Morgan fingerprint density at radius 3 is 2.68 bits per heavy atom. The van der Waals surface area contributed by atoms with Gasteiger partial charge >= 0.3 is 0 Å². The predicted octanol–water partition coefficient (Wildman–Crippen LogP) is 2.74. The second-order valence-electron chi connectivity index (χ2n) is 5.13. The first-order valence-electron chi connectivity index (χ1n) is 7.24. The maximum Gasteiger partial charge on any atom is 0.193 e. The van der Waals surface area contributed by atoms with E-state index in [2.05, 4.69) is 26.8 Å². The van der Waals surface area contributed by atoms with Crippen molar-refractivity contribution in [2.45, 2.75) is 19.4 Å². The van der Waals surface area contributed by atoms with Crippen LogP contribution in [0.5, 0.6) is 0 Å². The zero-order valence-corrected chi connectivity index (χ0v) is 16.4. The summed E-state index contributed by atoms with van der Waals surface area (Å²) in [5.74, 6) is 1.85. The SMILES string of the molecule is C=CCCCN(C)C(=NC)NCc1cccc(N(C)C)n1.I. The lowest BCUT2D eigenvalue weighted by molar-refractivity contribution is 0.469. The minimum Gasteiger partial charge on any atom is -0.363 e. The van der Waals surface area contributed by atoms with Gasteiger partial charge in [0.05, 0.1) is 12.2 Å². The molecule has 0 aromatic carbocycles. The van der Waals surface area contributed by atoms with E-state index >= 15 is 0 Å². The van der Waals surface area contributed by atoms with Crippen LogP contribution in [0.2, 0.25) is 0 Å². The molecule has 0 unspecified atom stereocenters. The van der Waals surface area contributed by atoms with E-state index in [1.54, 1.807) is 7.05 Å². The third kappa shape index (κ3) is 7.11. The number of anilines is 1. The molecule has 1 heterocycles. The third-order valence-electron chi connectivity index (χ3n) is 3.15. The summed E-state index contributed by atoms with van der Waals surface area (Å²) in [6, 6.07) is 6.04. The van der Waals surface area contributed by atoms with E-state index in [1.165, 1.54) is 0 Å². The number of guanidine groups is 1. The number of allylic oxidation sites excluding steroid dienone is 1. The number of aromatic nitrogens is 1. The van der Waals surface area contributed by atoms with E-state index in [9.17, 15) is 0 Å². The molecule has 0 spiro atoms. The van der Waals surface area contributed by atoms with Crippen molar-refractivity contribution in [3.05, 3.63) is 36.5 Å². The number of pyridine rings is 1. The Hall–Kier alpha value is -1.31. The zero-order chi connectivity index (χ0) is 15.7. The monoisotopic (exact) mass is 417 g/mol. The van der Waals surface area contributed by atoms with E-state index in [1.807, 2.05) is 50.3 Å². The van der Waals surface area contributed by atoms with Crippen LogP contribution in [0.1, 0.15) is 18.5 Å². The third-order valence-corrected chi connectivity index (χ3v) is 3.15. The molecule has 0 radical (unpaired) electrons. The molecular formula is C16H28IN5. The predicted molar refractivity (Wildman–Crippen MR) is 106 cm³/mol. The number of hydrogen-bond acceptors (Lipinski definition) is 3. The summed E-state index contributed by atoms with van der Waals surface area (Å²) >= 11 is 0. The van der Waals surface area contributed by atoms with Gasteiger partial charge in [-0.25, -0.2) is 4.98 Å². The summed E-state index contributed by atoms with van der Waals surface area (Å²) in [5, 5.41) is 3.35. The maximum atomic E-state index is 4.59. The molecule has 0 aliphatic carbocycles. The number of rotatable bonds is 7. The normalized spacial score (nSPS) is 10.6. The Kier molecular flexibility index (Phi) is 10.6. The van der Waals surface area contributed by atoms with Crippen molar-refractivity contribution in [1.29, 1.82) is 0 Å². The molecule has 1 aromatic rings. The Morgan fingerprint density at radius 1 is 1.36 bits per heavy atom. The number of aliphatic imine (C=N–C) groups is 1. The largest absolute Gasteiger partial charge is 0.363 e. The molecule has 1 N–H and O–H groups in total. The fourth-order valence-electron chi connectivity index (χ4n) is 1.95. The highest BCUT2D eigenvalue weighted by Gasteiger charge is 2.06. The van der Waals surface area contributed by atoms with Gasteiger partial charge in [-0.15, -0.1) is 30.6 Å². The van der Waals surface area contributed by atoms with Gasteiger partial charge in [0.15, 0.2) is 5.96 Å². The Labute approximate surface area is 151 Å². The van der Waals surface area contributed by atoms with Crippen molar-refractivity contribution in [1.82, 2.24) is 15.2 Å². The van der Waals surface area contributed by atoms with Crippen LogP contribution >= 0.6 is 24.0 Å². The Bertz CT molecular complexity index is 473. The van der Waals surface area contributed by atoms with E-state index in [-0.39, 0.29) is 24.0 Å². The van der Waals surface area contributed by atoms with Crippen LogP contribution in [0.25, 0.3) is 0 Å². The molecule has 5 nitrogen and oxygen atoms in total. The highest BCUT2D eigenvalue weighted by atomic mass is 127. The molecule has 0 aliphatic heterocycles. The van der Waals surface area contributed by atoms with E-state index in [0.717, 1.165) is 36.9 Å². The van der Waals surface area contributed by atoms with E-state index in [4.69, 9.17) is 0 Å². The lowest BCUT2D eigenvalue weighted by Gasteiger charge is -2.22. The number of nitrogens with one attached hydrogen (secondary N) is 1. The summed E-state index contributed by atoms with van der Waals surface area (Å²) in [4.78, 5) is 13.0. The van der Waals surface area contributed by atoms with Gasteiger partial charge in [-0.3, -0.25) is 4.99 Å². The summed E-state index contributed by atoms with van der Waals surface area (Å²) in [5.41, 5.74) is 1.00. The van der Waals surface area contributed by atoms with Gasteiger partial charge < -0.3 is 15.1 Å². The van der Waals surface area contributed by atoms with E-state index in [0.29, 0.717) is 6.54 Å². The molecule has 0 amide bonds. The molecule has 0 bridgehead atoms. The van der Waals surface area contributed by atoms with Crippen LogP contribution in [-0.2, 0) is 6.54 Å². The van der Waals surface area contributed by atoms with Gasteiger partial charge in [0, 0.05) is 34.7 Å². The van der Waals surface area contributed by atoms with Crippen molar-refractivity contribution in [3.8, 4) is 0 Å². The second-order valence-corrected chi connectivity index (χ2v) is 5.13. The Morgan fingerprint density at radius 2 is 2.09 bits per heavy atom. The van der Waals surface area contributed by atoms with E-state index < -0.39 is 0 Å². The van der Waals surface area contributed by atoms with Crippen molar-refractivity contribution in [2.75, 3.05) is 39.6 Å². The molecule has 0 aliphatic rings. The van der Waals surface area contributed by atoms with Gasteiger partial charge in [-0.05, 0) is 25.0 Å². The molecule has 124 valence electrons. The number of hydrogen-bond donors (Lipinski definition) is 1. The van der Waals surface area contributed by atoms with Gasteiger partial charge in [0.1, 0.15) is 5.82 Å². The molecule has 0 fully saturated rings. The van der Waals surface area contributed by atoms with Gasteiger partial charge in [0.2, 0.25) is 0 Å². The number of halogens is 1. The van der Waals surface area contributed by atoms with Crippen LogP contribution in [0.3, 0.4) is 0 Å². The highest BCUT2D eigenvalue weighted by molar-refractivity contribution is 14.0. The van der Waals surface area contributed by atoms with Gasteiger partial charge in [-0.2, -0.15) is 0 Å². The van der Waals surface area contributed by atoms with Crippen molar-refractivity contribution in [3.63, 3.8) is 0 Å². The van der Waals surface area contributed by atoms with Crippen molar-refractivity contribution < 1.29 is 0 Å². The first-order chi connectivity index (χ1) is 10.1. The highest BCUT2D eigenvalue weighted by Crippen LogP contribution is 2.07. The standard InChI is InChI=1S/C16H27N5.HI/c1-6-7-8-12-21(5)16(17-2)18-13-14-10-9-11-15(19-14)20(3)4;/h6,9-11H,1,7-8,12-13H2,2-5H3,(H,17,18);1H. The molecule has 22 heavy (non-hydrogen) atoms. The van der Waals surface area contributed by atoms with Crippen molar-refractivity contribution in [2.24, 2.45) is 4.99 Å². The van der Waals surface area contributed by atoms with Crippen LogP contribution in [0, 0.1) is 0 Å². The Balaban J connectivity index is 0.00000441. The van der Waals surface area contributed by atoms with Crippen LogP contribution in [0.15, 0.2) is 35.8 Å². The minimum atomic E-state index is 0. The quantitative estimate of drug-likeness (QED) is 0.244. The van der Waals surface area contributed by atoms with Gasteiger partial charge in [0.25, 0.3) is 0 Å². The zero-order valence-electron chi connectivity index (χ0n) is 14.0. The number of nitrogens with zero attached hydrogens (tertiary/aromatic N) is 4. The molecule has 1 aromatic heterocycles. The lowest BCUT2D eigenvalue weighted by Crippen LogP contribution is -2.39. The van der Waals surface area contributed by atoms with Crippen LogP contribution < -0.4 is 10.2 Å². The summed E-state index contributed by atoms with van der Waals surface area (Å²) in [6.07, 6.45) is 4.05. The van der Waals surface area contributed by atoms with Crippen molar-refractivity contribution >= 4 is 35.8 Å². The summed E-state index contributed by atoms with van der Waals surface area (Å²) in [7, 11) is 7.83. The first-order valence-corrected chi connectivity index (χ1v) is 7.24. The molecular weight excluding hydrogens is 389 g/mol. The maximum absolute atomic E-state index is 4.59. The molecule has 1 rings (SSSR count). The average Bonchev–Trinajstić information content (AvgIpc) is 2.48. The minimum absolute atomic E-state index is 0. The summed E-state index contributed by atoms with van der Waals surface area (Å²) in [6.45, 7) is 5.37. The number of unbranched alkanes of at least 4 members (excludes halogenated alkanes) is 1. The molecule has 0 saturated carbocycles. The topological polar surface area (TPSA) is 43.8 Å². The second kappa shape index (κ2) is 11.3. The average molecular weight is 417 g/mol. The molecule has 6 heteroatoms. The summed E-state index contributed by atoms with van der Waals surface area (Å²) < 4.78 is 0. The lowest BCUT2D eigenvalue weighted by atomic mass is 10.3. The van der Waals surface area contributed by atoms with Gasteiger partial charge in [-0.1, -0.05) is 12.1 Å². The van der Waals surface area contributed by atoms with Crippen LogP contribution in [0.4, 0.5) is 5.82 Å². The first kappa shape index (κ1) is 20.7. The fraction of sp³-hybridized carbons (Fsp3) is 0.500. The fourth-order valence-corrected chi connectivity index (χ4v) is 1.95. The molecule has 0 saturated heterocycles. The molecule has 0 atom stereocenters. The van der Waals surface area contributed by atoms with Crippen LogP contribution in [-0.4, -0.2) is 50.6 Å². The smallest absolute Gasteiger partial charge is 0.193 e.